The van der Waals surface area contributed by atoms with Crippen LogP contribution in [0.3, 0.4) is 0 Å². The Hall–Kier alpha value is -1.59. The van der Waals surface area contributed by atoms with Gasteiger partial charge in [-0.1, -0.05) is 272 Å². The highest BCUT2D eigenvalue weighted by molar-refractivity contribution is 5.71. The van der Waals surface area contributed by atoms with Gasteiger partial charge in [-0.15, -0.1) is 0 Å². The van der Waals surface area contributed by atoms with E-state index in [0.717, 1.165) is 69.6 Å². The molecule has 0 amide bonds. The Morgan fingerprint density at radius 2 is 0.532 bits per heavy atom. The summed E-state index contributed by atoms with van der Waals surface area (Å²) < 4.78 is 16.8. The highest BCUT2D eigenvalue weighted by Gasteiger charge is 2.19. The average molecular weight is 877 g/mol. The van der Waals surface area contributed by atoms with Crippen LogP contribution in [0.15, 0.2) is 0 Å². The molecule has 0 heterocycles. The molecule has 0 aromatic rings. The summed E-state index contributed by atoms with van der Waals surface area (Å²) >= 11 is 0. The fraction of sp³-hybridized carbons (Fsp3) is 0.946. The molecule has 0 aromatic carbocycles. The van der Waals surface area contributed by atoms with Crippen molar-refractivity contribution >= 4 is 17.9 Å². The van der Waals surface area contributed by atoms with Crippen molar-refractivity contribution < 1.29 is 28.6 Å². The van der Waals surface area contributed by atoms with Crippen LogP contribution in [0.25, 0.3) is 0 Å². The molecule has 1 atom stereocenters. The maximum absolute atomic E-state index is 12.8. The van der Waals surface area contributed by atoms with E-state index in [1.165, 1.54) is 199 Å². The number of carbonyl (C=O) groups excluding carboxylic acids is 3. The van der Waals surface area contributed by atoms with E-state index in [4.69, 9.17) is 14.2 Å². The van der Waals surface area contributed by atoms with Gasteiger partial charge in [0.25, 0.3) is 0 Å². The van der Waals surface area contributed by atoms with Crippen molar-refractivity contribution in [2.24, 2.45) is 11.8 Å². The first kappa shape index (κ1) is 60.4. The van der Waals surface area contributed by atoms with Crippen molar-refractivity contribution in [3.8, 4) is 0 Å². The zero-order valence-electron chi connectivity index (χ0n) is 42.5. The summed E-state index contributed by atoms with van der Waals surface area (Å²) in [6.45, 7) is 11.4. The largest absolute Gasteiger partial charge is 0.462 e. The molecule has 0 rings (SSSR count). The molecule has 0 unspecified atom stereocenters. The summed E-state index contributed by atoms with van der Waals surface area (Å²) in [5.41, 5.74) is 0. The number of carbonyl (C=O) groups is 3. The van der Waals surface area contributed by atoms with Gasteiger partial charge < -0.3 is 14.2 Å². The van der Waals surface area contributed by atoms with E-state index in [9.17, 15) is 14.4 Å². The first-order valence-electron chi connectivity index (χ1n) is 27.7. The van der Waals surface area contributed by atoms with E-state index in [1.807, 2.05) is 0 Å². The summed E-state index contributed by atoms with van der Waals surface area (Å²) in [7, 11) is 0. The Morgan fingerprint density at radius 1 is 0.306 bits per heavy atom. The SMILES string of the molecule is CCCCCCCCCCCCCC(=O)OC[C@@H](COC(=O)CCCCCCCCCCCC(C)C)OC(=O)CCCCCCCCCCCCCCCCCCCCC(C)C. The minimum atomic E-state index is -0.762. The second-order valence-electron chi connectivity index (χ2n) is 20.2. The Labute approximate surface area is 387 Å². The van der Waals surface area contributed by atoms with Crippen LogP contribution in [0.1, 0.15) is 311 Å². The van der Waals surface area contributed by atoms with E-state index in [2.05, 4.69) is 34.6 Å². The van der Waals surface area contributed by atoms with Crippen LogP contribution in [0.5, 0.6) is 0 Å². The summed E-state index contributed by atoms with van der Waals surface area (Å²) in [6, 6.07) is 0. The molecule has 0 spiro atoms. The lowest BCUT2D eigenvalue weighted by Gasteiger charge is -2.18. The molecule has 0 fully saturated rings. The van der Waals surface area contributed by atoms with E-state index in [-0.39, 0.29) is 31.1 Å². The van der Waals surface area contributed by atoms with Crippen molar-refractivity contribution in [1.29, 1.82) is 0 Å². The number of hydrogen-bond acceptors (Lipinski definition) is 6. The topological polar surface area (TPSA) is 78.9 Å². The summed E-state index contributed by atoms with van der Waals surface area (Å²) in [5.74, 6) is 0.822. The van der Waals surface area contributed by atoms with Crippen LogP contribution in [0.2, 0.25) is 0 Å². The Balaban J connectivity index is 4.23. The first-order valence-corrected chi connectivity index (χ1v) is 27.7. The fourth-order valence-corrected chi connectivity index (χ4v) is 8.52. The van der Waals surface area contributed by atoms with Gasteiger partial charge in [-0.2, -0.15) is 0 Å². The van der Waals surface area contributed by atoms with Crippen LogP contribution >= 0.6 is 0 Å². The van der Waals surface area contributed by atoms with Crippen LogP contribution in [-0.2, 0) is 28.6 Å². The van der Waals surface area contributed by atoms with E-state index in [1.54, 1.807) is 0 Å². The maximum Gasteiger partial charge on any atom is 0.306 e. The molecule has 368 valence electrons. The molecule has 0 aliphatic heterocycles. The van der Waals surface area contributed by atoms with Gasteiger partial charge in [-0.05, 0) is 31.1 Å². The predicted octanol–water partition coefficient (Wildman–Crippen LogP) is 18.1. The van der Waals surface area contributed by atoms with Crippen molar-refractivity contribution in [2.75, 3.05) is 13.2 Å². The number of rotatable bonds is 50. The number of ether oxygens (including phenoxy) is 3. The molecule has 0 saturated heterocycles. The number of unbranched alkanes of at least 4 members (excludes halogenated alkanes) is 35. The van der Waals surface area contributed by atoms with Crippen molar-refractivity contribution in [2.45, 2.75) is 317 Å². The molecule has 0 aromatic heterocycles. The third kappa shape index (κ3) is 49.4. The lowest BCUT2D eigenvalue weighted by atomic mass is 10.0. The van der Waals surface area contributed by atoms with Gasteiger partial charge in [0.05, 0.1) is 0 Å². The quantitative estimate of drug-likeness (QED) is 0.0344. The van der Waals surface area contributed by atoms with Gasteiger partial charge in [0.1, 0.15) is 13.2 Å². The number of esters is 3. The molecule has 0 bridgehead atoms. The monoisotopic (exact) mass is 877 g/mol. The van der Waals surface area contributed by atoms with Gasteiger partial charge in [0.2, 0.25) is 0 Å². The third-order valence-electron chi connectivity index (χ3n) is 12.7. The summed E-state index contributed by atoms with van der Waals surface area (Å²) in [4.78, 5) is 38.0. The molecular formula is C56H108O6. The zero-order valence-corrected chi connectivity index (χ0v) is 42.5. The molecule has 0 aliphatic rings. The minimum absolute atomic E-state index is 0.0634. The van der Waals surface area contributed by atoms with Crippen LogP contribution in [-0.4, -0.2) is 37.2 Å². The summed E-state index contributed by atoms with van der Waals surface area (Å²) in [5, 5.41) is 0. The molecule has 0 radical (unpaired) electrons. The van der Waals surface area contributed by atoms with E-state index in [0.29, 0.717) is 19.3 Å². The third-order valence-corrected chi connectivity index (χ3v) is 12.7. The average Bonchev–Trinajstić information content (AvgIpc) is 3.24. The predicted molar refractivity (Wildman–Crippen MR) is 266 cm³/mol. The molecule has 6 nitrogen and oxygen atoms in total. The molecule has 0 aliphatic carbocycles. The van der Waals surface area contributed by atoms with E-state index >= 15 is 0 Å². The van der Waals surface area contributed by atoms with Gasteiger partial charge in [0.15, 0.2) is 6.10 Å². The van der Waals surface area contributed by atoms with Gasteiger partial charge in [-0.3, -0.25) is 14.4 Å². The van der Waals surface area contributed by atoms with Crippen molar-refractivity contribution in [1.82, 2.24) is 0 Å². The molecule has 6 heteroatoms. The lowest BCUT2D eigenvalue weighted by Crippen LogP contribution is -2.30. The maximum atomic E-state index is 12.8. The number of hydrogen-bond donors (Lipinski definition) is 0. The normalized spacial score (nSPS) is 12.0. The second-order valence-corrected chi connectivity index (χ2v) is 20.2. The second kappa shape index (κ2) is 48.9. The lowest BCUT2D eigenvalue weighted by molar-refractivity contribution is -0.167. The molecule has 62 heavy (non-hydrogen) atoms. The fourth-order valence-electron chi connectivity index (χ4n) is 8.52. The van der Waals surface area contributed by atoms with Gasteiger partial charge in [0, 0.05) is 19.3 Å². The molecule has 0 N–H and O–H groups in total. The minimum Gasteiger partial charge on any atom is -0.462 e. The van der Waals surface area contributed by atoms with Crippen LogP contribution in [0.4, 0.5) is 0 Å². The Bertz CT molecular complexity index is 947. The van der Waals surface area contributed by atoms with Crippen molar-refractivity contribution in [3.05, 3.63) is 0 Å². The Morgan fingerprint density at radius 3 is 0.790 bits per heavy atom. The smallest absolute Gasteiger partial charge is 0.306 e. The van der Waals surface area contributed by atoms with Crippen molar-refractivity contribution in [3.63, 3.8) is 0 Å². The first-order chi connectivity index (χ1) is 30.2. The Kier molecular flexibility index (Phi) is 47.6. The molecule has 0 saturated carbocycles. The van der Waals surface area contributed by atoms with Crippen LogP contribution < -0.4 is 0 Å². The van der Waals surface area contributed by atoms with E-state index < -0.39 is 6.10 Å². The van der Waals surface area contributed by atoms with Gasteiger partial charge >= 0.3 is 17.9 Å². The standard InChI is InChI=1S/C56H108O6/c1-6-7-8-9-10-11-20-26-31-36-41-46-54(57)60-49-53(50-61-55(58)47-42-37-32-28-23-25-30-35-40-45-52(4)5)62-56(59)48-43-38-33-27-22-19-17-15-13-12-14-16-18-21-24-29-34-39-44-51(2)3/h51-53H,6-50H2,1-5H3/t53-/m0/s1. The van der Waals surface area contributed by atoms with Crippen LogP contribution in [0, 0.1) is 11.8 Å². The van der Waals surface area contributed by atoms with Gasteiger partial charge in [-0.25, -0.2) is 0 Å². The highest BCUT2D eigenvalue weighted by Crippen LogP contribution is 2.18. The molecular weight excluding hydrogens is 769 g/mol. The summed E-state index contributed by atoms with van der Waals surface area (Å²) in [6.07, 6.45) is 51.0. The highest BCUT2D eigenvalue weighted by atomic mass is 16.6. The zero-order chi connectivity index (χ0) is 45.4.